The normalized spacial score (nSPS) is 12.0. The lowest BCUT2D eigenvalue weighted by atomic mass is 10.1. The van der Waals surface area contributed by atoms with Crippen LogP contribution in [0, 0.1) is 0 Å². The number of nitrogens with one attached hydrogen (secondary N) is 3. The zero-order valence-corrected chi connectivity index (χ0v) is 27.6. The standard InChI is InChI=1S/C39H32F3N3O4S/c1-26(36(46)44-34-15-9-8-14-33(34)39(40,41)42)50-32-22-18-30(19-23-32)43-38(48)35(45-37(47)29-12-6-3-7-13-29)24-27-16-20-31(21-17-27)49-25-28-10-4-2-5-11-28/h2-24,26H,25H2,1H3,(H,43,48)(H,44,46)(H,45,47)/b35-24-. The Balaban J connectivity index is 1.25. The molecule has 5 rings (SSSR count). The van der Waals surface area contributed by atoms with Gasteiger partial charge in [-0.05, 0) is 84.8 Å². The molecule has 0 saturated carbocycles. The lowest BCUT2D eigenvalue weighted by Gasteiger charge is -2.16. The molecule has 1 atom stereocenters. The number of thioether (sulfide) groups is 1. The molecule has 3 amide bonds. The fraction of sp³-hybridized carbons (Fsp3) is 0.103. The van der Waals surface area contributed by atoms with Crippen LogP contribution in [0.2, 0.25) is 0 Å². The van der Waals surface area contributed by atoms with E-state index < -0.39 is 34.7 Å². The highest BCUT2D eigenvalue weighted by atomic mass is 32.2. The molecule has 5 aromatic rings. The summed E-state index contributed by atoms with van der Waals surface area (Å²) >= 11 is 1.14. The topological polar surface area (TPSA) is 96.5 Å². The summed E-state index contributed by atoms with van der Waals surface area (Å²) in [6.45, 7) is 1.98. The van der Waals surface area contributed by atoms with Gasteiger partial charge in [0, 0.05) is 16.1 Å². The molecule has 0 aromatic heterocycles. The molecule has 50 heavy (non-hydrogen) atoms. The molecule has 0 spiro atoms. The van der Waals surface area contributed by atoms with Crippen molar-refractivity contribution in [2.24, 2.45) is 0 Å². The van der Waals surface area contributed by atoms with Crippen molar-refractivity contribution in [3.8, 4) is 5.75 Å². The summed E-state index contributed by atoms with van der Waals surface area (Å²) in [5.74, 6) is -0.994. The number of benzene rings is 5. The number of amides is 3. The lowest BCUT2D eigenvalue weighted by molar-refractivity contribution is -0.137. The molecule has 11 heteroatoms. The maximum atomic E-state index is 13.5. The average Bonchev–Trinajstić information content (AvgIpc) is 3.12. The van der Waals surface area contributed by atoms with E-state index in [1.165, 1.54) is 18.2 Å². The van der Waals surface area contributed by atoms with E-state index in [-0.39, 0.29) is 11.4 Å². The number of carbonyl (C=O) groups excluding carboxylic acids is 3. The highest BCUT2D eigenvalue weighted by Gasteiger charge is 2.34. The number of hydrogen-bond donors (Lipinski definition) is 3. The minimum Gasteiger partial charge on any atom is -0.489 e. The van der Waals surface area contributed by atoms with Crippen molar-refractivity contribution in [2.45, 2.75) is 29.9 Å². The molecule has 0 bridgehead atoms. The number of carbonyl (C=O) groups is 3. The third-order valence-electron chi connectivity index (χ3n) is 7.25. The van der Waals surface area contributed by atoms with Crippen LogP contribution in [-0.4, -0.2) is 23.0 Å². The molecule has 0 aliphatic heterocycles. The van der Waals surface area contributed by atoms with Crippen LogP contribution in [0.15, 0.2) is 144 Å². The molecular formula is C39H32F3N3O4S. The zero-order chi connectivity index (χ0) is 35.5. The van der Waals surface area contributed by atoms with Gasteiger partial charge in [-0.2, -0.15) is 13.2 Å². The second-order valence-corrected chi connectivity index (χ2v) is 12.4. The Morgan fingerprint density at radius 2 is 1.38 bits per heavy atom. The minimum atomic E-state index is -4.61. The van der Waals surface area contributed by atoms with Crippen LogP contribution in [0.3, 0.4) is 0 Å². The fourth-order valence-corrected chi connectivity index (χ4v) is 5.52. The number of ether oxygens (including phenoxy) is 1. The number of anilines is 2. The Labute approximate surface area is 291 Å². The van der Waals surface area contributed by atoms with E-state index in [1.54, 1.807) is 91.9 Å². The molecule has 0 aliphatic rings. The largest absolute Gasteiger partial charge is 0.489 e. The summed E-state index contributed by atoms with van der Waals surface area (Å²) in [7, 11) is 0. The van der Waals surface area contributed by atoms with Gasteiger partial charge in [0.25, 0.3) is 11.8 Å². The summed E-state index contributed by atoms with van der Waals surface area (Å²) in [6, 6.07) is 36.7. The first-order chi connectivity index (χ1) is 24.0. The Hall–Kier alpha value is -5.81. The molecule has 0 radical (unpaired) electrons. The second kappa shape index (κ2) is 16.5. The Morgan fingerprint density at radius 1 is 0.760 bits per heavy atom. The molecule has 0 aliphatic carbocycles. The van der Waals surface area contributed by atoms with Crippen molar-refractivity contribution >= 4 is 46.9 Å². The van der Waals surface area contributed by atoms with Gasteiger partial charge < -0.3 is 20.7 Å². The molecule has 0 saturated heterocycles. The number of alkyl halides is 3. The predicted molar refractivity (Wildman–Crippen MR) is 190 cm³/mol. The van der Waals surface area contributed by atoms with Crippen molar-refractivity contribution in [3.63, 3.8) is 0 Å². The summed E-state index contributed by atoms with van der Waals surface area (Å²) in [5.41, 5.74) is 1.22. The minimum absolute atomic E-state index is 0.000287. The van der Waals surface area contributed by atoms with Crippen molar-refractivity contribution in [2.75, 3.05) is 10.6 Å². The average molecular weight is 696 g/mol. The van der Waals surface area contributed by atoms with E-state index in [1.807, 2.05) is 30.3 Å². The van der Waals surface area contributed by atoms with E-state index in [9.17, 15) is 27.6 Å². The van der Waals surface area contributed by atoms with Crippen molar-refractivity contribution < 1.29 is 32.3 Å². The number of para-hydroxylation sites is 1. The van der Waals surface area contributed by atoms with E-state index >= 15 is 0 Å². The lowest BCUT2D eigenvalue weighted by Crippen LogP contribution is -2.30. The zero-order valence-electron chi connectivity index (χ0n) is 26.7. The highest BCUT2D eigenvalue weighted by Crippen LogP contribution is 2.35. The van der Waals surface area contributed by atoms with Crippen LogP contribution in [0.1, 0.15) is 34.0 Å². The van der Waals surface area contributed by atoms with Gasteiger partial charge >= 0.3 is 6.18 Å². The number of rotatable bonds is 12. The maximum absolute atomic E-state index is 13.5. The SMILES string of the molecule is CC(Sc1ccc(NC(=O)/C(=C/c2ccc(OCc3ccccc3)cc2)NC(=O)c2ccccc2)cc1)C(=O)Nc1ccccc1C(F)(F)F. The summed E-state index contributed by atoms with van der Waals surface area (Å²) in [4.78, 5) is 39.9. The van der Waals surface area contributed by atoms with E-state index in [0.717, 1.165) is 23.4 Å². The molecule has 3 N–H and O–H groups in total. The quantitative estimate of drug-likeness (QED) is 0.0896. The van der Waals surface area contributed by atoms with Crippen molar-refractivity contribution in [3.05, 3.63) is 161 Å². The number of hydrogen-bond acceptors (Lipinski definition) is 5. The van der Waals surface area contributed by atoms with Gasteiger partial charge in [0.05, 0.1) is 16.5 Å². The van der Waals surface area contributed by atoms with E-state index in [0.29, 0.717) is 34.1 Å². The highest BCUT2D eigenvalue weighted by molar-refractivity contribution is 8.00. The first-order valence-electron chi connectivity index (χ1n) is 15.5. The fourth-order valence-electron chi connectivity index (χ4n) is 4.66. The first-order valence-corrected chi connectivity index (χ1v) is 16.3. The molecule has 0 heterocycles. The van der Waals surface area contributed by atoms with Gasteiger partial charge in [0.2, 0.25) is 5.91 Å². The smallest absolute Gasteiger partial charge is 0.418 e. The Kier molecular flexibility index (Phi) is 11.7. The maximum Gasteiger partial charge on any atom is 0.418 e. The number of halogens is 3. The van der Waals surface area contributed by atoms with Crippen LogP contribution >= 0.6 is 11.8 Å². The van der Waals surface area contributed by atoms with Crippen LogP contribution < -0.4 is 20.7 Å². The molecular weight excluding hydrogens is 664 g/mol. The van der Waals surface area contributed by atoms with Gasteiger partial charge in [-0.3, -0.25) is 14.4 Å². The van der Waals surface area contributed by atoms with Gasteiger partial charge in [0.1, 0.15) is 18.1 Å². The Morgan fingerprint density at radius 3 is 2.04 bits per heavy atom. The molecule has 5 aromatic carbocycles. The van der Waals surface area contributed by atoms with Gasteiger partial charge in [-0.1, -0.05) is 72.8 Å². The first kappa shape index (κ1) is 35.5. The summed E-state index contributed by atoms with van der Waals surface area (Å²) < 4.78 is 45.9. The van der Waals surface area contributed by atoms with Crippen molar-refractivity contribution in [1.82, 2.24) is 5.32 Å². The Bertz CT molecular complexity index is 1950. The summed E-state index contributed by atoms with van der Waals surface area (Å²) in [6.07, 6.45) is -3.05. The second-order valence-electron chi connectivity index (χ2n) is 11.0. The van der Waals surface area contributed by atoms with Crippen LogP contribution in [0.4, 0.5) is 24.5 Å². The third kappa shape index (κ3) is 10.1. The monoisotopic (exact) mass is 695 g/mol. The van der Waals surface area contributed by atoms with Gasteiger partial charge in [-0.25, -0.2) is 0 Å². The molecule has 0 fully saturated rings. The van der Waals surface area contributed by atoms with E-state index in [2.05, 4.69) is 16.0 Å². The summed E-state index contributed by atoms with van der Waals surface area (Å²) in [5, 5.41) is 7.13. The molecule has 1 unspecified atom stereocenters. The molecule has 7 nitrogen and oxygen atoms in total. The van der Waals surface area contributed by atoms with Crippen molar-refractivity contribution in [1.29, 1.82) is 0 Å². The van der Waals surface area contributed by atoms with Gasteiger partial charge in [0.15, 0.2) is 0 Å². The van der Waals surface area contributed by atoms with Gasteiger partial charge in [-0.15, -0.1) is 11.8 Å². The predicted octanol–water partition coefficient (Wildman–Crippen LogP) is 8.81. The van der Waals surface area contributed by atoms with E-state index in [4.69, 9.17) is 4.74 Å². The van der Waals surface area contributed by atoms with Crippen LogP contribution in [0.5, 0.6) is 5.75 Å². The van der Waals surface area contributed by atoms with Crippen LogP contribution in [0.25, 0.3) is 6.08 Å². The third-order valence-corrected chi connectivity index (χ3v) is 8.36. The molecule has 254 valence electrons. The van der Waals surface area contributed by atoms with Crippen LogP contribution in [-0.2, 0) is 22.4 Å².